The second kappa shape index (κ2) is 2.40. The lowest BCUT2D eigenvalue weighted by atomic mass is 10.4. The lowest BCUT2D eigenvalue weighted by Crippen LogP contribution is -2.44. The summed E-state index contributed by atoms with van der Waals surface area (Å²) in [4.78, 5) is 0. The van der Waals surface area contributed by atoms with Crippen molar-refractivity contribution >= 4 is 10.1 Å². The van der Waals surface area contributed by atoms with Crippen LogP contribution in [0.15, 0.2) is 0 Å². The smallest absolute Gasteiger partial charge is 0.322 e. The molecule has 0 saturated heterocycles. The molecule has 3 N–H and O–H groups in total. The summed E-state index contributed by atoms with van der Waals surface area (Å²) in [5.41, 5.74) is 4.57. The molecule has 0 aliphatic heterocycles. The Morgan fingerprint density at radius 1 is 1.60 bits per heavy atom. The zero-order valence-electron chi connectivity index (χ0n) is 5.08. The summed E-state index contributed by atoms with van der Waals surface area (Å²) in [6, 6.07) is -1.91. The van der Waals surface area contributed by atoms with Crippen LogP contribution in [0.2, 0.25) is 0 Å². The Kier molecular flexibility index (Phi) is 2.34. The first-order valence-corrected chi connectivity index (χ1v) is 3.74. The van der Waals surface area contributed by atoms with Gasteiger partial charge in [0.05, 0.1) is 6.04 Å². The fraction of sp³-hybridized carbons (Fsp3) is 1.00. The molecule has 4 nitrogen and oxygen atoms in total. The Labute approximate surface area is 56.8 Å². The molecule has 0 aromatic rings. The molecule has 1 unspecified atom stereocenters. The topological polar surface area (TPSA) is 80.4 Å². The van der Waals surface area contributed by atoms with Gasteiger partial charge in [-0.15, -0.1) is 0 Å². The summed E-state index contributed by atoms with van der Waals surface area (Å²) < 4.78 is 51.7. The monoisotopic (exact) mass is 175 g/mol. The zero-order chi connectivity index (χ0) is 8.58. The number of hydrogen-bond donors (Lipinski definition) is 2. The normalized spacial score (nSPS) is 16.9. The maximum absolute atomic E-state index is 12.1. The molecular weight excluding hydrogens is 168 g/mol. The van der Waals surface area contributed by atoms with E-state index in [0.717, 1.165) is 6.92 Å². The van der Waals surface area contributed by atoms with Gasteiger partial charge in [0, 0.05) is 0 Å². The molecule has 0 heterocycles. The van der Waals surface area contributed by atoms with Crippen molar-refractivity contribution in [3.8, 4) is 0 Å². The molecule has 0 rings (SSSR count). The Bertz CT molecular complexity index is 210. The van der Waals surface area contributed by atoms with E-state index in [0.29, 0.717) is 0 Å². The summed E-state index contributed by atoms with van der Waals surface area (Å²) in [7, 11) is -5.36. The Morgan fingerprint density at radius 3 is 1.90 bits per heavy atom. The van der Waals surface area contributed by atoms with Gasteiger partial charge in [0.1, 0.15) is 0 Å². The molecule has 0 spiro atoms. The van der Waals surface area contributed by atoms with Crippen LogP contribution >= 0.6 is 0 Å². The van der Waals surface area contributed by atoms with E-state index in [4.69, 9.17) is 4.55 Å². The fourth-order valence-electron chi connectivity index (χ4n) is 0.235. The number of nitrogens with two attached hydrogens (primary N) is 1. The Hall–Kier alpha value is -0.270. The summed E-state index contributed by atoms with van der Waals surface area (Å²) in [5.74, 6) is 0. The third-order valence-electron chi connectivity index (χ3n) is 0.874. The first-order chi connectivity index (χ1) is 4.19. The number of alkyl halides is 2. The highest BCUT2D eigenvalue weighted by molar-refractivity contribution is 7.86. The van der Waals surface area contributed by atoms with E-state index in [1.165, 1.54) is 0 Å². The summed E-state index contributed by atoms with van der Waals surface area (Å²) in [5, 5.41) is -4.26. The molecule has 7 heteroatoms. The number of hydrogen-bond acceptors (Lipinski definition) is 3. The molecule has 0 fully saturated rings. The average Bonchev–Trinajstić information content (AvgIpc) is 1.62. The summed E-state index contributed by atoms with van der Waals surface area (Å²) >= 11 is 0. The van der Waals surface area contributed by atoms with Gasteiger partial charge in [0.25, 0.3) is 0 Å². The average molecular weight is 175 g/mol. The highest BCUT2D eigenvalue weighted by Gasteiger charge is 2.47. The highest BCUT2D eigenvalue weighted by atomic mass is 32.2. The molecule has 0 saturated carbocycles. The fourth-order valence-corrected chi connectivity index (χ4v) is 0.705. The largest absolute Gasteiger partial charge is 0.384 e. The van der Waals surface area contributed by atoms with E-state index >= 15 is 0 Å². The van der Waals surface area contributed by atoms with Gasteiger partial charge in [-0.2, -0.15) is 17.2 Å². The van der Waals surface area contributed by atoms with Crippen molar-refractivity contribution < 1.29 is 21.8 Å². The highest BCUT2D eigenvalue weighted by Crippen LogP contribution is 2.22. The van der Waals surface area contributed by atoms with Crippen LogP contribution in [0.4, 0.5) is 8.78 Å². The first kappa shape index (κ1) is 9.73. The summed E-state index contributed by atoms with van der Waals surface area (Å²) in [6.07, 6.45) is 0. The van der Waals surface area contributed by atoms with Gasteiger partial charge in [-0.05, 0) is 6.92 Å². The third kappa shape index (κ3) is 1.61. The van der Waals surface area contributed by atoms with Crippen molar-refractivity contribution in [3.63, 3.8) is 0 Å². The van der Waals surface area contributed by atoms with Crippen molar-refractivity contribution in [3.05, 3.63) is 0 Å². The first-order valence-electron chi connectivity index (χ1n) is 2.30. The van der Waals surface area contributed by atoms with Crippen LogP contribution in [0.5, 0.6) is 0 Å². The zero-order valence-corrected chi connectivity index (χ0v) is 5.90. The molecule has 62 valence electrons. The maximum atomic E-state index is 12.1. The van der Waals surface area contributed by atoms with Gasteiger partial charge in [-0.1, -0.05) is 0 Å². The molecule has 0 radical (unpaired) electrons. The lowest BCUT2D eigenvalue weighted by molar-refractivity contribution is 0.0586. The van der Waals surface area contributed by atoms with Crippen LogP contribution in [-0.2, 0) is 10.1 Å². The molecule has 10 heavy (non-hydrogen) atoms. The quantitative estimate of drug-likeness (QED) is 0.570. The molecule has 0 amide bonds. The molecular formula is C3H7F2NO3S. The van der Waals surface area contributed by atoms with E-state index in [-0.39, 0.29) is 0 Å². The van der Waals surface area contributed by atoms with E-state index in [9.17, 15) is 17.2 Å². The Balaban J connectivity index is 4.76. The van der Waals surface area contributed by atoms with E-state index in [2.05, 4.69) is 5.73 Å². The summed E-state index contributed by atoms with van der Waals surface area (Å²) in [6.45, 7) is 0.785. The molecule has 0 bridgehead atoms. The standard InChI is InChI=1S/C3H7F2NO3S/c1-2(6)3(4,5)10(7,8)9/h2H,6H2,1H3,(H,7,8,9). The van der Waals surface area contributed by atoms with Crippen molar-refractivity contribution in [2.24, 2.45) is 5.73 Å². The van der Waals surface area contributed by atoms with E-state index in [1.54, 1.807) is 0 Å². The van der Waals surface area contributed by atoms with Gasteiger partial charge < -0.3 is 5.73 Å². The third-order valence-corrected chi connectivity index (χ3v) is 1.93. The second-order valence-corrected chi connectivity index (χ2v) is 3.32. The lowest BCUT2D eigenvalue weighted by Gasteiger charge is -2.15. The molecule has 0 aromatic carbocycles. The second-order valence-electron chi connectivity index (χ2n) is 1.83. The van der Waals surface area contributed by atoms with Crippen LogP contribution in [-0.4, -0.2) is 24.3 Å². The van der Waals surface area contributed by atoms with Crippen molar-refractivity contribution in [1.82, 2.24) is 0 Å². The predicted octanol–water partition coefficient (Wildman–Crippen LogP) is -0.186. The minimum absolute atomic E-state index is 0.785. The molecule has 0 aliphatic carbocycles. The van der Waals surface area contributed by atoms with Crippen LogP contribution in [0, 0.1) is 0 Å². The van der Waals surface area contributed by atoms with Crippen molar-refractivity contribution in [2.45, 2.75) is 18.2 Å². The van der Waals surface area contributed by atoms with E-state index in [1.807, 2.05) is 0 Å². The van der Waals surface area contributed by atoms with Crippen LogP contribution in [0.1, 0.15) is 6.92 Å². The van der Waals surface area contributed by atoms with Gasteiger partial charge >= 0.3 is 15.4 Å². The van der Waals surface area contributed by atoms with Gasteiger partial charge in [-0.3, -0.25) is 4.55 Å². The minimum atomic E-state index is -5.36. The molecule has 0 aromatic heterocycles. The number of rotatable bonds is 2. The molecule has 1 atom stereocenters. The van der Waals surface area contributed by atoms with Gasteiger partial charge in [-0.25, -0.2) is 0 Å². The number of halogens is 2. The van der Waals surface area contributed by atoms with Crippen LogP contribution in [0.25, 0.3) is 0 Å². The molecule has 0 aliphatic rings. The van der Waals surface area contributed by atoms with Crippen molar-refractivity contribution in [2.75, 3.05) is 0 Å². The van der Waals surface area contributed by atoms with Crippen LogP contribution < -0.4 is 5.73 Å². The van der Waals surface area contributed by atoms with Gasteiger partial charge in [0.15, 0.2) is 0 Å². The van der Waals surface area contributed by atoms with E-state index < -0.39 is 21.4 Å². The minimum Gasteiger partial charge on any atom is -0.322 e. The predicted molar refractivity (Wildman–Crippen MR) is 30.1 cm³/mol. The SMILES string of the molecule is CC(N)C(F)(F)S(=O)(=O)O. The van der Waals surface area contributed by atoms with Crippen LogP contribution in [0.3, 0.4) is 0 Å². The van der Waals surface area contributed by atoms with Crippen molar-refractivity contribution in [1.29, 1.82) is 0 Å². The van der Waals surface area contributed by atoms with Gasteiger partial charge in [0.2, 0.25) is 0 Å². The maximum Gasteiger partial charge on any atom is 0.384 e. The Morgan fingerprint density at radius 2 is 1.90 bits per heavy atom.